The average molecular weight is 272 g/mol. The van der Waals surface area contributed by atoms with Gasteiger partial charge in [-0.1, -0.05) is 6.07 Å². The first-order chi connectivity index (χ1) is 9.19. The quantitative estimate of drug-likeness (QED) is 0.506. The monoisotopic (exact) mass is 272 g/mol. The standard InChI is InChI=1S/C13H21FN2O3/c1-19-7-3-6-15-13-11(14)4-2-5-12(13)16-8-10(18)9-17/h2,4-5,10,15-18H,3,6-9H2,1H3. The number of benzene rings is 1. The van der Waals surface area contributed by atoms with E-state index in [-0.39, 0.29) is 19.0 Å². The van der Waals surface area contributed by atoms with Crippen molar-refractivity contribution in [2.75, 3.05) is 44.0 Å². The van der Waals surface area contributed by atoms with E-state index >= 15 is 0 Å². The van der Waals surface area contributed by atoms with E-state index in [0.717, 1.165) is 6.42 Å². The van der Waals surface area contributed by atoms with Gasteiger partial charge in [-0.25, -0.2) is 4.39 Å². The number of nitrogens with one attached hydrogen (secondary N) is 2. The van der Waals surface area contributed by atoms with E-state index in [9.17, 15) is 9.50 Å². The molecule has 19 heavy (non-hydrogen) atoms. The maximum absolute atomic E-state index is 13.7. The molecule has 0 spiro atoms. The Balaban J connectivity index is 2.61. The number of halogens is 1. The Hall–Kier alpha value is -1.37. The number of rotatable bonds is 9. The predicted octanol–water partition coefficient (Wildman–Crippen LogP) is 1.04. The van der Waals surface area contributed by atoms with Crippen LogP contribution >= 0.6 is 0 Å². The Morgan fingerprint density at radius 3 is 2.84 bits per heavy atom. The maximum atomic E-state index is 13.7. The van der Waals surface area contributed by atoms with Gasteiger partial charge < -0.3 is 25.6 Å². The van der Waals surface area contributed by atoms with Crippen LogP contribution in [-0.4, -0.2) is 49.7 Å². The van der Waals surface area contributed by atoms with Crippen LogP contribution in [0.5, 0.6) is 0 Å². The zero-order valence-corrected chi connectivity index (χ0v) is 11.0. The highest BCUT2D eigenvalue weighted by Crippen LogP contribution is 2.24. The maximum Gasteiger partial charge on any atom is 0.148 e. The summed E-state index contributed by atoms with van der Waals surface area (Å²) in [4.78, 5) is 0. The Kier molecular flexibility index (Phi) is 7.17. The number of para-hydroxylation sites is 1. The summed E-state index contributed by atoms with van der Waals surface area (Å²) < 4.78 is 18.6. The third kappa shape index (κ3) is 5.42. The van der Waals surface area contributed by atoms with E-state index in [1.807, 2.05) is 0 Å². The van der Waals surface area contributed by atoms with Gasteiger partial charge in [-0.15, -0.1) is 0 Å². The normalized spacial score (nSPS) is 12.2. The number of hydrogen-bond acceptors (Lipinski definition) is 5. The van der Waals surface area contributed by atoms with Gasteiger partial charge in [0.05, 0.1) is 24.1 Å². The Morgan fingerprint density at radius 1 is 1.37 bits per heavy atom. The van der Waals surface area contributed by atoms with E-state index in [1.54, 1.807) is 19.2 Å². The first-order valence-electron chi connectivity index (χ1n) is 6.23. The third-order valence-corrected chi connectivity index (χ3v) is 2.58. The summed E-state index contributed by atoms with van der Waals surface area (Å²) in [6.07, 6.45) is -0.103. The lowest BCUT2D eigenvalue weighted by molar-refractivity contribution is 0.105. The van der Waals surface area contributed by atoms with Crippen molar-refractivity contribution in [2.45, 2.75) is 12.5 Å². The van der Waals surface area contributed by atoms with Gasteiger partial charge in [0, 0.05) is 26.8 Å². The summed E-state index contributed by atoms with van der Waals surface area (Å²) in [5, 5.41) is 23.9. The summed E-state index contributed by atoms with van der Waals surface area (Å²) in [6.45, 7) is 1.02. The van der Waals surface area contributed by atoms with Crippen molar-refractivity contribution < 1.29 is 19.3 Å². The number of aliphatic hydroxyl groups is 2. The Bertz CT molecular complexity index is 377. The topological polar surface area (TPSA) is 73.8 Å². The van der Waals surface area contributed by atoms with E-state index in [1.165, 1.54) is 6.07 Å². The summed E-state index contributed by atoms with van der Waals surface area (Å²) >= 11 is 0. The largest absolute Gasteiger partial charge is 0.394 e. The Morgan fingerprint density at radius 2 is 2.16 bits per heavy atom. The molecule has 1 unspecified atom stereocenters. The van der Waals surface area contributed by atoms with Crippen molar-refractivity contribution in [3.63, 3.8) is 0 Å². The second-order valence-corrected chi connectivity index (χ2v) is 4.15. The predicted molar refractivity (Wildman–Crippen MR) is 73.0 cm³/mol. The molecule has 4 N–H and O–H groups in total. The van der Waals surface area contributed by atoms with Crippen LogP contribution in [0, 0.1) is 5.82 Å². The number of aliphatic hydroxyl groups excluding tert-OH is 2. The van der Waals surface area contributed by atoms with E-state index in [0.29, 0.717) is 24.5 Å². The molecule has 108 valence electrons. The van der Waals surface area contributed by atoms with Crippen LogP contribution in [0.15, 0.2) is 18.2 Å². The highest BCUT2D eigenvalue weighted by molar-refractivity contribution is 5.69. The van der Waals surface area contributed by atoms with Crippen molar-refractivity contribution >= 4 is 11.4 Å². The van der Waals surface area contributed by atoms with Crippen LogP contribution < -0.4 is 10.6 Å². The van der Waals surface area contributed by atoms with Crippen LogP contribution in [0.4, 0.5) is 15.8 Å². The van der Waals surface area contributed by atoms with Gasteiger partial charge in [-0.3, -0.25) is 0 Å². The minimum atomic E-state index is -0.871. The fourth-order valence-corrected chi connectivity index (χ4v) is 1.57. The number of anilines is 2. The van der Waals surface area contributed by atoms with Crippen molar-refractivity contribution in [1.29, 1.82) is 0 Å². The van der Waals surface area contributed by atoms with Crippen LogP contribution in [0.2, 0.25) is 0 Å². The van der Waals surface area contributed by atoms with Crippen LogP contribution in [-0.2, 0) is 4.74 Å². The van der Waals surface area contributed by atoms with Crippen LogP contribution in [0.25, 0.3) is 0 Å². The number of hydrogen-bond donors (Lipinski definition) is 4. The first-order valence-corrected chi connectivity index (χ1v) is 6.23. The highest BCUT2D eigenvalue weighted by atomic mass is 19.1. The summed E-state index contributed by atoms with van der Waals surface area (Å²) in [6, 6.07) is 4.67. The lowest BCUT2D eigenvalue weighted by atomic mass is 10.2. The smallest absolute Gasteiger partial charge is 0.148 e. The molecule has 0 aliphatic heterocycles. The molecule has 5 nitrogen and oxygen atoms in total. The fourth-order valence-electron chi connectivity index (χ4n) is 1.57. The van der Waals surface area contributed by atoms with Crippen molar-refractivity contribution in [3.05, 3.63) is 24.0 Å². The van der Waals surface area contributed by atoms with E-state index in [4.69, 9.17) is 9.84 Å². The summed E-state index contributed by atoms with van der Waals surface area (Å²) in [5.41, 5.74) is 0.925. The number of ether oxygens (including phenoxy) is 1. The molecule has 1 aromatic carbocycles. The molecule has 1 aromatic rings. The minimum absolute atomic E-state index is 0.159. The second-order valence-electron chi connectivity index (χ2n) is 4.15. The fraction of sp³-hybridized carbons (Fsp3) is 0.538. The van der Waals surface area contributed by atoms with Crippen molar-refractivity contribution in [2.24, 2.45) is 0 Å². The van der Waals surface area contributed by atoms with Gasteiger partial charge in [-0.2, -0.15) is 0 Å². The molecule has 0 bridgehead atoms. The van der Waals surface area contributed by atoms with Gasteiger partial charge >= 0.3 is 0 Å². The van der Waals surface area contributed by atoms with Gasteiger partial charge in [-0.05, 0) is 18.6 Å². The molecule has 1 rings (SSSR count). The zero-order chi connectivity index (χ0) is 14.1. The zero-order valence-electron chi connectivity index (χ0n) is 11.0. The SMILES string of the molecule is COCCCNc1c(F)cccc1NCC(O)CO. The van der Waals surface area contributed by atoms with Gasteiger partial charge in [0.15, 0.2) is 0 Å². The molecule has 1 atom stereocenters. The molecule has 0 saturated carbocycles. The highest BCUT2D eigenvalue weighted by Gasteiger charge is 2.09. The molecule has 0 amide bonds. The molecule has 0 saturated heterocycles. The van der Waals surface area contributed by atoms with Gasteiger partial charge in [0.1, 0.15) is 5.82 Å². The molecule has 0 heterocycles. The van der Waals surface area contributed by atoms with Crippen LogP contribution in [0.1, 0.15) is 6.42 Å². The first kappa shape index (κ1) is 15.7. The molecule has 0 aliphatic carbocycles. The molecule has 0 radical (unpaired) electrons. The summed E-state index contributed by atoms with van der Waals surface area (Å²) in [5.74, 6) is -0.360. The van der Waals surface area contributed by atoms with Crippen LogP contribution in [0.3, 0.4) is 0 Å². The molecular weight excluding hydrogens is 251 g/mol. The van der Waals surface area contributed by atoms with E-state index < -0.39 is 6.10 Å². The van der Waals surface area contributed by atoms with Gasteiger partial charge in [0.2, 0.25) is 0 Å². The molecule has 0 fully saturated rings. The molecule has 0 aromatic heterocycles. The minimum Gasteiger partial charge on any atom is -0.394 e. The number of methoxy groups -OCH3 is 1. The third-order valence-electron chi connectivity index (χ3n) is 2.58. The lowest BCUT2D eigenvalue weighted by Crippen LogP contribution is -2.23. The molecule has 6 heteroatoms. The van der Waals surface area contributed by atoms with Gasteiger partial charge in [0.25, 0.3) is 0 Å². The van der Waals surface area contributed by atoms with Crippen molar-refractivity contribution in [3.8, 4) is 0 Å². The average Bonchev–Trinajstić information content (AvgIpc) is 2.42. The molecular formula is C13H21FN2O3. The van der Waals surface area contributed by atoms with Crippen molar-refractivity contribution in [1.82, 2.24) is 0 Å². The Labute approximate surface area is 112 Å². The van der Waals surface area contributed by atoms with E-state index in [2.05, 4.69) is 10.6 Å². The summed E-state index contributed by atoms with van der Waals surface area (Å²) in [7, 11) is 1.62. The molecule has 0 aliphatic rings. The second kappa shape index (κ2) is 8.68. The lowest BCUT2D eigenvalue weighted by Gasteiger charge is -2.16.